The zero-order valence-corrected chi connectivity index (χ0v) is 15.6. The van der Waals surface area contributed by atoms with E-state index in [4.69, 9.17) is 4.74 Å². The van der Waals surface area contributed by atoms with Crippen molar-refractivity contribution < 1.29 is 14.3 Å². The van der Waals surface area contributed by atoms with E-state index >= 15 is 0 Å². The fourth-order valence-corrected chi connectivity index (χ4v) is 3.02. The van der Waals surface area contributed by atoms with E-state index in [2.05, 4.69) is 19.2 Å². The average Bonchev–Trinajstić information content (AvgIpc) is 2.59. The van der Waals surface area contributed by atoms with Gasteiger partial charge in [-0.15, -0.1) is 11.8 Å². The molecule has 0 saturated heterocycles. The fraction of sp³-hybridized carbons (Fsp3) is 0.300. The van der Waals surface area contributed by atoms with E-state index in [0.717, 1.165) is 10.5 Å². The van der Waals surface area contributed by atoms with Crippen LogP contribution in [0.3, 0.4) is 0 Å². The summed E-state index contributed by atoms with van der Waals surface area (Å²) in [6, 6.07) is 15.5. The predicted octanol–water partition coefficient (Wildman–Crippen LogP) is 4.39. The van der Waals surface area contributed by atoms with Crippen LogP contribution in [-0.2, 0) is 14.3 Å². The molecule has 0 aromatic heterocycles. The molecular weight excluding hydrogens is 334 g/mol. The highest BCUT2D eigenvalue weighted by molar-refractivity contribution is 8.00. The third kappa shape index (κ3) is 6.27. The van der Waals surface area contributed by atoms with Crippen molar-refractivity contribution in [2.24, 2.45) is 0 Å². The van der Waals surface area contributed by atoms with Gasteiger partial charge in [-0.2, -0.15) is 0 Å². The number of aryl methyl sites for hydroxylation is 1. The molecule has 0 fully saturated rings. The molecule has 0 aliphatic heterocycles. The van der Waals surface area contributed by atoms with Gasteiger partial charge in [0.25, 0.3) is 5.91 Å². The number of ether oxygens (including phenoxy) is 1. The normalized spacial score (nSPS) is 10.6. The van der Waals surface area contributed by atoms with Gasteiger partial charge in [-0.05, 0) is 42.2 Å². The first-order valence-corrected chi connectivity index (χ1v) is 9.18. The van der Waals surface area contributed by atoms with Crippen LogP contribution in [0.1, 0.15) is 30.9 Å². The summed E-state index contributed by atoms with van der Waals surface area (Å²) in [7, 11) is 0. The molecule has 0 bridgehead atoms. The quantitative estimate of drug-likeness (QED) is 0.590. The third-order valence-corrected chi connectivity index (χ3v) is 4.81. The summed E-state index contributed by atoms with van der Waals surface area (Å²) in [5, 5.41) is 2.72. The minimum atomic E-state index is -0.404. The molecule has 0 radical (unpaired) electrons. The molecule has 1 amide bonds. The molecule has 25 heavy (non-hydrogen) atoms. The Morgan fingerprint density at radius 2 is 1.76 bits per heavy atom. The molecule has 1 N–H and O–H groups in total. The van der Waals surface area contributed by atoms with E-state index in [1.807, 2.05) is 55.5 Å². The number of hydrogen-bond acceptors (Lipinski definition) is 4. The molecule has 0 spiro atoms. The highest BCUT2D eigenvalue weighted by atomic mass is 32.2. The Bertz CT molecular complexity index is 726. The molecule has 0 aliphatic rings. The average molecular weight is 357 g/mol. The maximum atomic E-state index is 11.9. The topological polar surface area (TPSA) is 55.4 Å². The Labute approximate surface area is 153 Å². The summed E-state index contributed by atoms with van der Waals surface area (Å²) in [5.41, 5.74) is 3.01. The molecular formula is C20H23NO3S. The standard InChI is InChI=1S/C20H23NO3S/c1-14(2)16-8-10-17(11-9-16)21-19(22)12-24-20(23)13-25-18-7-5-4-6-15(18)3/h4-11,14H,12-13H2,1-3H3,(H,21,22). The van der Waals surface area contributed by atoms with Crippen LogP contribution in [0.2, 0.25) is 0 Å². The van der Waals surface area contributed by atoms with E-state index in [-0.39, 0.29) is 18.3 Å². The van der Waals surface area contributed by atoms with Gasteiger partial charge in [0.1, 0.15) is 0 Å². The molecule has 0 unspecified atom stereocenters. The Kier molecular flexibility index (Phi) is 7.07. The van der Waals surface area contributed by atoms with Gasteiger partial charge < -0.3 is 10.1 Å². The van der Waals surface area contributed by atoms with E-state index in [0.29, 0.717) is 11.6 Å². The Morgan fingerprint density at radius 3 is 2.40 bits per heavy atom. The smallest absolute Gasteiger partial charge is 0.316 e. The van der Waals surface area contributed by atoms with Gasteiger partial charge in [0.2, 0.25) is 0 Å². The summed E-state index contributed by atoms with van der Waals surface area (Å²) in [5.74, 6) is -0.122. The molecule has 132 valence electrons. The summed E-state index contributed by atoms with van der Waals surface area (Å²) in [4.78, 5) is 24.7. The zero-order chi connectivity index (χ0) is 18.2. The van der Waals surface area contributed by atoms with E-state index in [9.17, 15) is 9.59 Å². The molecule has 0 aliphatic carbocycles. The lowest BCUT2D eigenvalue weighted by Crippen LogP contribution is -2.21. The van der Waals surface area contributed by atoms with E-state index in [1.165, 1.54) is 17.3 Å². The Hall–Kier alpha value is -2.27. The van der Waals surface area contributed by atoms with Gasteiger partial charge in [0.15, 0.2) is 6.61 Å². The lowest BCUT2D eigenvalue weighted by atomic mass is 10.0. The van der Waals surface area contributed by atoms with Crippen molar-refractivity contribution in [3.8, 4) is 0 Å². The molecule has 2 aromatic carbocycles. The Balaban J connectivity index is 1.74. The SMILES string of the molecule is Cc1ccccc1SCC(=O)OCC(=O)Nc1ccc(C(C)C)cc1. The molecule has 0 saturated carbocycles. The lowest BCUT2D eigenvalue weighted by molar-refractivity contribution is -0.144. The predicted molar refractivity (Wildman–Crippen MR) is 102 cm³/mol. The van der Waals surface area contributed by atoms with Crippen LogP contribution >= 0.6 is 11.8 Å². The molecule has 5 heteroatoms. The monoisotopic (exact) mass is 357 g/mol. The van der Waals surface area contributed by atoms with Crippen LogP contribution in [0.4, 0.5) is 5.69 Å². The highest BCUT2D eigenvalue weighted by Gasteiger charge is 2.09. The summed E-state index contributed by atoms with van der Waals surface area (Å²) >= 11 is 1.41. The molecule has 0 heterocycles. The van der Waals surface area contributed by atoms with Gasteiger partial charge in [-0.1, -0.05) is 44.2 Å². The van der Waals surface area contributed by atoms with Crippen molar-refractivity contribution in [1.29, 1.82) is 0 Å². The summed E-state index contributed by atoms with van der Waals surface area (Å²) < 4.78 is 5.03. The van der Waals surface area contributed by atoms with Crippen molar-refractivity contribution in [3.05, 3.63) is 59.7 Å². The van der Waals surface area contributed by atoms with Crippen molar-refractivity contribution in [2.75, 3.05) is 17.7 Å². The second-order valence-electron chi connectivity index (χ2n) is 6.04. The highest BCUT2D eigenvalue weighted by Crippen LogP contribution is 2.21. The number of nitrogens with one attached hydrogen (secondary N) is 1. The minimum absolute atomic E-state index is 0.182. The van der Waals surface area contributed by atoms with Crippen LogP contribution in [0, 0.1) is 6.92 Å². The first kappa shape index (κ1) is 19.1. The molecule has 2 rings (SSSR count). The second-order valence-corrected chi connectivity index (χ2v) is 7.06. The summed E-state index contributed by atoms with van der Waals surface area (Å²) in [6.45, 7) is 5.94. The molecule has 0 atom stereocenters. The van der Waals surface area contributed by atoms with Crippen molar-refractivity contribution in [3.63, 3.8) is 0 Å². The van der Waals surface area contributed by atoms with Crippen molar-refractivity contribution in [2.45, 2.75) is 31.6 Å². The van der Waals surface area contributed by atoms with Gasteiger partial charge in [0, 0.05) is 10.6 Å². The lowest BCUT2D eigenvalue weighted by Gasteiger charge is -2.09. The maximum absolute atomic E-state index is 11.9. The number of carbonyl (C=O) groups is 2. The largest absolute Gasteiger partial charge is 0.455 e. The van der Waals surface area contributed by atoms with Crippen LogP contribution in [-0.4, -0.2) is 24.2 Å². The number of benzene rings is 2. The van der Waals surface area contributed by atoms with Crippen LogP contribution < -0.4 is 5.32 Å². The number of hydrogen-bond donors (Lipinski definition) is 1. The second kappa shape index (κ2) is 9.28. The van der Waals surface area contributed by atoms with Gasteiger partial charge in [-0.25, -0.2) is 0 Å². The maximum Gasteiger partial charge on any atom is 0.316 e. The zero-order valence-electron chi connectivity index (χ0n) is 14.7. The number of amides is 1. The van der Waals surface area contributed by atoms with Crippen molar-refractivity contribution in [1.82, 2.24) is 0 Å². The third-order valence-electron chi connectivity index (χ3n) is 3.66. The molecule has 4 nitrogen and oxygen atoms in total. The number of rotatable bonds is 7. The van der Waals surface area contributed by atoms with Crippen LogP contribution in [0.5, 0.6) is 0 Å². The van der Waals surface area contributed by atoms with Crippen LogP contribution in [0.25, 0.3) is 0 Å². The van der Waals surface area contributed by atoms with E-state index < -0.39 is 5.97 Å². The van der Waals surface area contributed by atoms with Gasteiger partial charge in [0.05, 0.1) is 5.75 Å². The summed E-state index contributed by atoms with van der Waals surface area (Å²) in [6.07, 6.45) is 0. The Morgan fingerprint density at radius 1 is 1.08 bits per heavy atom. The van der Waals surface area contributed by atoms with Gasteiger partial charge in [-0.3, -0.25) is 9.59 Å². The number of esters is 1. The number of thioether (sulfide) groups is 1. The minimum Gasteiger partial charge on any atom is -0.455 e. The molecule has 2 aromatic rings. The first-order chi connectivity index (χ1) is 12.0. The van der Waals surface area contributed by atoms with Crippen molar-refractivity contribution >= 4 is 29.3 Å². The number of carbonyl (C=O) groups excluding carboxylic acids is 2. The van der Waals surface area contributed by atoms with Crippen LogP contribution in [0.15, 0.2) is 53.4 Å². The fourth-order valence-electron chi connectivity index (χ4n) is 2.19. The first-order valence-electron chi connectivity index (χ1n) is 8.19. The number of anilines is 1. The van der Waals surface area contributed by atoms with Gasteiger partial charge >= 0.3 is 5.97 Å². The van der Waals surface area contributed by atoms with E-state index in [1.54, 1.807) is 0 Å².